The SMILES string of the molecule is CCc1cc2c(CCC3CCN(C)CC3)noc2cc1OC.COc1cc2onc(CCC3CCN(C)CC3)c2cc1CN(C)C.COc1cc2onc(CCC3CCN(C)CC3)c2cc1CN(C)C.COc1cc2onc(CCC3CCN(C)CC3)c2cc1CO.COc1cc2onc(CCC3CCNCC3)c2cc1CN(C)C. The zero-order chi connectivity index (χ0) is 81.5. The fraction of sp³-hybridized carbons (Fsp3) is 0.615. The number of ether oxygens (including phenoxy) is 5. The van der Waals surface area contributed by atoms with Gasteiger partial charge in [-0.2, -0.15) is 0 Å². The molecule has 24 heteroatoms. The number of aliphatic hydroxyl groups excluding tert-OH is 1. The smallest absolute Gasteiger partial charge is 0.170 e. The van der Waals surface area contributed by atoms with Crippen molar-refractivity contribution in [2.45, 2.75) is 168 Å². The van der Waals surface area contributed by atoms with Gasteiger partial charge >= 0.3 is 0 Å². The van der Waals surface area contributed by atoms with Crippen LogP contribution in [0.2, 0.25) is 0 Å². The molecular formula is C91H135N13O11. The number of fused-ring (bicyclic) bond motifs is 5. The Labute approximate surface area is 683 Å². The highest BCUT2D eigenvalue weighted by molar-refractivity contribution is 5.85. The summed E-state index contributed by atoms with van der Waals surface area (Å²) in [6.07, 6.45) is 24.7. The van der Waals surface area contributed by atoms with Gasteiger partial charge in [0.15, 0.2) is 27.9 Å². The van der Waals surface area contributed by atoms with Crippen molar-refractivity contribution in [3.63, 3.8) is 0 Å². The van der Waals surface area contributed by atoms with E-state index in [9.17, 15) is 5.11 Å². The minimum Gasteiger partial charge on any atom is -0.496 e. The number of benzene rings is 5. The van der Waals surface area contributed by atoms with Gasteiger partial charge in [-0.15, -0.1) is 0 Å². The lowest BCUT2D eigenvalue weighted by molar-refractivity contribution is 0.212. The van der Waals surface area contributed by atoms with E-state index < -0.39 is 0 Å². The van der Waals surface area contributed by atoms with Crippen molar-refractivity contribution < 1.29 is 51.4 Å². The molecule has 5 aromatic heterocycles. The molecule has 10 heterocycles. The van der Waals surface area contributed by atoms with Gasteiger partial charge < -0.3 is 91.0 Å². The maximum absolute atomic E-state index is 9.46. The third-order valence-corrected chi connectivity index (χ3v) is 24.5. The second kappa shape index (κ2) is 43.5. The Morgan fingerprint density at radius 2 is 0.557 bits per heavy atom. The number of aromatic nitrogens is 5. The zero-order valence-electron chi connectivity index (χ0n) is 72.3. The van der Waals surface area contributed by atoms with Crippen LogP contribution in [0.1, 0.15) is 160 Å². The standard InChI is InChI=1S/2C19H29N3O2.C18H27N3O2.C18H26N2O2.C17H24N2O3/c2*1-21(2)13-15-11-16-17(20-24-19(16)12-18(15)23-4)6-5-14-7-9-22(3)10-8-14;1-21(2)12-14-10-15-16(5-4-13-6-8-19-9-7-13)20-23-18(15)11-17(14)22-3;1-4-14-11-15-16(19-22-18(15)12-17(14)21-3)6-5-13-7-9-20(2)10-8-13;1-19-7-5-12(6-8-19)3-4-15-14-9-13(11-20)16(21-2)10-17(14)22-18-15/h2*11-12,14H,5-10,13H2,1-4H3;10-11,13,19H,4-9,12H2,1-3H3;11-13H,4-10H2,1-3H3;9-10,12,20H,3-8,11H2,1-2H3. The van der Waals surface area contributed by atoms with Crippen LogP contribution < -0.4 is 29.0 Å². The van der Waals surface area contributed by atoms with Gasteiger partial charge in [-0.1, -0.05) is 32.7 Å². The molecule has 0 atom stereocenters. The van der Waals surface area contributed by atoms with Crippen LogP contribution in [-0.4, -0.2) is 237 Å². The molecule has 0 aliphatic carbocycles. The third kappa shape index (κ3) is 24.6. The molecule has 0 unspecified atom stereocenters. The summed E-state index contributed by atoms with van der Waals surface area (Å²) in [5, 5.41) is 40.0. The molecule has 0 amide bonds. The average molecular weight is 1590 g/mol. The van der Waals surface area contributed by atoms with Crippen molar-refractivity contribution in [3.8, 4) is 28.7 Å². The molecule has 0 saturated carbocycles. The lowest BCUT2D eigenvalue weighted by Gasteiger charge is -2.28. The number of likely N-dealkylation sites (tertiary alicyclic amines) is 4. The molecule has 5 saturated heterocycles. The van der Waals surface area contributed by atoms with E-state index >= 15 is 0 Å². The second-order valence-electron chi connectivity index (χ2n) is 34.0. The fourth-order valence-corrected chi connectivity index (χ4v) is 17.2. The van der Waals surface area contributed by atoms with Crippen LogP contribution in [0.25, 0.3) is 54.8 Å². The molecule has 5 aliphatic rings. The number of aliphatic hydroxyl groups is 1. The summed E-state index contributed by atoms with van der Waals surface area (Å²) in [7, 11) is 29.6. The van der Waals surface area contributed by atoms with Gasteiger partial charge in [0.2, 0.25) is 0 Å². The Balaban J connectivity index is 0.000000142. The van der Waals surface area contributed by atoms with Crippen molar-refractivity contribution in [1.29, 1.82) is 0 Å². The van der Waals surface area contributed by atoms with E-state index in [1.807, 2.05) is 36.4 Å². The van der Waals surface area contributed by atoms with Gasteiger partial charge in [0, 0.05) is 99.2 Å². The van der Waals surface area contributed by atoms with Crippen molar-refractivity contribution in [3.05, 3.63) is 117 Å². The van der Waals surface area contributed by atoms with E-state index in [1.165, 1.54) is 165 Å². The number of hydrogen-bond acceptors (Lipinski definition) is 24. The summed E-state index contributed by atoms with van der Waals surface area (Å²) < 4.78 is 54.8. The Morgan fingerprint density at radius 3 is 0.783 bits per heavy atom. The van der Waals surface area contributed by atoms with Crippen molar-refractivity contribution in [2.75, 3.05) is 171 Å². The van der Waals surface area contributed by atoms with Gasteiger partial charge in [0.25, 0.3) is 0 Å². The van der Waals surface area contributed by atoms with Crippen LogP contribution in [0.5, 0.6) is 28.7 Å². The predicted molar refractivity (Wildman–Crippen MR) is 458 cm³/mol. The number of aryl methyl sites for hydroxylation is 6. The van der Waals surface area contributed by atoms with Crippen LogP contribution in [0, 0.1) is 29.6 Å². The largest absolute Gasteiger partial charge is 0.496 e. The maximum Gasteiger partial charge on any atom is 0.170 e. The number of nitrogens with one attached hydrogen (secondary N) is 1. The van der Waals surface area contributed by atoms with Crippen LogP contribution in [-0.2, 0) is 64.8 Å². The highest BCUT2D eigenvalue weighted by Gasteiger charge is 2.26. The van der Waals surface area contributed by atoms with Gasteiger partial charge in [0.1, 0.15) is 28.7 Å². The molecule has 5 fully saturated rings. The Hall–Kier alpha value is -7.91. The normalized spacial score (nSPS) is 17.0. The number of rotatable bonds is 28. The quantitative estimate of drug-likeness (QED) is 0.0464. The second-order valence-corrected chi connectivity index (χ2v) is 34.0. The first-order valence-electron chi connectivity index (χ1n) is 42.5. The van der Waals surface area contributed by atoms with E-state index in [0.29, 0.717) is 5.75 Å². The summed E-state index contributed by atoms with van der Waals surface area (Å²) >= 11 is 0. The van der Waals surface area contributed by atoms with Crippen LogP contribution in [0.3, 0.4) is 0 Å². The molecule has 10 aromatic rings. The van der Waals surface area contributed by atoms with Crippen LogP contribution in [0.4, 0.5) is 0 Å². The molecule has 5 aliphatic heterocycles. The molecule has 0 spiro atoms. The minimum absolute atomic E-state index is 0.0430. The molecule has 115 heavy (non-hydrogen) atoms. The van der Waals surface area contributed by atoms with Crippen molar-refractivity contribution >= 4 is 54.8 Å². The maximum atomic E-state index is 9.46. The number of hydrogen-bond donors (Lipinski definition) is 2. The summed E-state index contributed by atoms with van der Waals surface area (Å²) in [6.45, 7) is 16.6. The predicted octanol–water partition coefficient (Wildman–Crippen LogP) is 15.5. The van der Waals surface area contributed by atoms with Gasteiger partial charge in [-0.05, 0) is 336 Å². The lowest BCUT2D eigenvalue weighted by atomic mass is 9.91. The Kier molecular flexibility index (Phi) is 33.3. The first kappa shape index (κ1) is 87.9. The highest BCUT2D eigenvalue weighted by Crippen LogP contribution is 2.37. The molecule has 15 rings (SSSR count). The monoisotopic (exact) mass is 1590 g/mol. The minimum atomic E-state index is -0.0430. The molecule has 0 bridgehead atoms. The number of piperidine rings is 5. The Bertz CT molecular complexity index is 4350. The Morgan fingerprint density at radius 1 is 0.339 bits per heavy atom. The van der Waals surface area contributed by atoms with E-state index in [1.54, 1.807) is 35.5 Å². The van der Waals surface area contributed by atoms with E-state index in [4.69, 9.17) is 46.3 Å². The topological polar surface area (TPSA) is 231 Å². The van der Waals surface area contributed by atoms with Crippen molar-refractivity contribution in [2.24, 2.45) is 29.6 Å². The van der Waals surface area contributed by atoms with E-state index in [0.717, 1.165) is 219 Å². The molecular weight excluding hydrogens is 1450 g/mol. The van der Waals surface area contributed by atoms with E-state index in [-0.39, 0.29) is 6.61 Å². The molecule has 2 N–H and O–H groups in total. The van der Waals surface area contributed by atoms with Gasteiger partial charge in [-0.25, -0.2) is 0 Å². The summed E-state index contributed by atoms with van der Waals surface area (Å²) in [5.74, 6) is 8.18. The molecule has 5 aromatic carbocycles. The van der Waals surface area contributed by atoms with Crippen LogP contribution >= 0.6 is 0 Å². The van der Waals surface area contributed by atoms with E-state index in [2.05, 4.69) is 167 Å². The van der Waals surface area contributed by atoms with Crippen molar-refractivity contribution in [1.82, 2.24) is 65.4 Å². The molecule has 630 valence electrons. The number of methoxy groups -OCH3 is 5. The van der Waals surface area contributed by atoms with Gasteiger partial charge in [-0.3, -0.25) is 0 Å². The lowest BCUT2D eigenvalue weighted by Crippen LogP contribution is -2.30. The zero-order valence-corrected chi connectivity index (χ0v) is 72.3. The summed E-state index contributed by atoms with van der Waals surface area (Å²) in [5.41, 5.74) is 14.9. The first-order valence-corrected chi connectivity index (χ1v) is 42.5. The first-order chi connectivity index (χ1) is 55.7. The summed E-state index contributed by atoms with van der Waals surface area (Å²) in [4.78, 5) is 16.1. The molecule has 24 nitrogen and oxygen atoms in total. The fourth-order valence-electron chi connectivity index (χ4n) is 17.2. The van der Waals surface area contributed by atoms with Crippen LogP contribution in [0.15, 0.2) is 83.3 Å². The molecule has 0 radical (unpaired) electrons. The average Bonchev–Trinajstić information content (AvgIpc) is 1.71. The number of nitrogens with zero attached hydrogens (tertiary/aromatic N) is 12. The summed E-state index contributed by atoms with van der Waals surface area (Å²) in [6, 6.07) is 20.4. The third-order valence-electron chi connectivity index (χ3n) is 24.5. The van der Waals surface area contributed by atoms with Gasteiger partial charge in [0.05, 0.1) is 70.6 Å². The highest BCUT2D eigenvalue weighted by atomic mass is 16.5.